The monoisotopic (exact) mass is 316 g/mol. The van der Waals surface area contributed by atoms with Crippen LogP contribution in [0.5, 0.6) is 5.75 Å². The number of hydrogen-bond acceptors (Lipinski definition) is 6. The Morgan fingerprint density at radius 2 is 1.91 bits per heavy atom. The van der Waals surface area contributed by atoms with Crippen LogP contribution in [0, 0.1) is 10.1 Å². The Bertz CT molecular complexity index is 688. The van der Waals surface area contributed by atoms with E-state index in [9.17, 15) is 14.9 Å². The molecule has 0 aromatic heterocycles. The van der Waals surface area contributed by atoms with Crippen molar-refractivity contribution in [3.05, 3.63) is 64.2 Å². The van der Waals surface area contributed by atoms with Gasteiger partial charge in [-0.3, -0.25) is 10.1 Å². The first-order chi connectivity index (χ1) is 11.1. The summed E-state index contributed by atoms with van der Waals surface area (Å²) in [5, 5.41) is 13.7. The van der Waals surface area contributed by atoms with E-state index in [-0.39, 0.29) is 24.5 Å². The molecule has 23 heavy (non-hydrogen) atoms. The van der Waals surface area contributed by atoms with E-state index in [1.165, 1.54) is 18.2 Å². The molecule has 0 atom stereocenters. The molecule has 0 saturated carbocycles. The van der Waals surface area contributed by atoms with Gasteiger partial charge in [0.2, 0.25) is 0 Å². The van der Waals surface area contributed by atoms with Crippen molar-refractivity contribution in [1.82, 2.24) is 0 Å². The quantitative estimate of drug-likeness (QED) is 0.365. The maximum absolute atomic E-state index is 11.9. The zero-order valence-corrected chi connectivity index (χ0v) is 12.5. The fourth-order valence-electron chi connectivity index (χ4n) is 1.92. The number of hydrogen-bond donors (Lipinski definition) is 1. The largest absolute Gasteiger partial charge is 0.490 e. The highest BCUT2D eigenvalue weighted by Gasteiger charge is 2.17. The van der Waals surface area contributed by atoms with Gasteiger partial charge >= 0.3 is 5.97 Å². The first kappa shape index (κ1) is 16.3. The summed E-state index contributed by atoms with van der Waals surface area (Å²) in [5.74, 6) is 0.0463. The van der Waals surface area contributed by atoms with Crippen LogP contribution in [-0.4, -0.2) is 31.2 Å². The van der Waals surface area contributed by atoms with Gasteiger partial charge in [-0.05, 0) is 24.3 Å². The normalized spacial score (nSPS) is 9.96. The minimum atomic E-state index is -0.632. The number of benzene rings is 2. The van der Waals surface area contributed by atoms with Crippen molar-refractivity contribution < 1.29 is 19.2 Å². The van der Waals surface area contributed by atoms with Crippen molar-refractivity contribution in [2.24, 2.45) is 0 Å². The van der Waals surface area contributed by atoms with E-state index < -0.39 is 10.9 Å². The Kier molecular flexibility index (Phi) is 5.51. The molecular formula is C16H16N2O5. The van der Waals surface area contributed by atoms with E-state index >= 15 is 0 Å². The van der Waals surface area contributed by atoms with Crippen LogP contribution in [0.2, 0.25) is 0 Å². The molecule has 2 aromatic rings. The molecule has 2 aromatic carbocycles. The SMILES string of the molecule is CNc1ccc(C(=O)OCCOc2ccccc2)cc1[N+](=O)[O-]. The highest BCUT2D eigenvalue weighted by atomic mass is 16.6. The molecule has 0 fully saturated rings. The molecule has 7 nitrogen and oxygen atoms in total. The number of nitro benzene ring substituents is 1. The molecule has 0 unspecified atom stereocenters. The number of nitrogens with one attached hydrogen (secondary N) is 1. The molecule has 7 heteroatoms. The van der Waals surface area contributed by atoms with Crippen molar-refractivity contribution in [3.8, 4) is 5.75 Å². The second-order valence-corrected chi connectivity index (χ2v) is 4.54. The van der Waals surface area contributed by atoms with Crippen molar-refractivity contribution in [1.29, 1.82) is 0 Å². The average molecular weight is 316 g/mol. The van der Waals surface area contributed by atoms with E-state index in [0.717, 1.165) is 0 Å². The van der Waals surface area contributed by atoms with Gasteiger partial charge < -0.3 is 14.8 Å². The lowest BCUT2D eigenvalue weighted by Crippen LogP contribution is -2.12. The van der Waals surface area contributed by atoms with Crippen molar-refractivity contribution in [2.75, 3.05) is 25.6 Å². The zero-order chi connectivity index (χ0) is 16.7. The van der Waals surface area contributed by atoms with E-state index in [4.69, 9.17) is 9.47 Å². The number of anilines is 1. The summed E-state index contributed by atoms with van der Waals surface area (Å²) < 4.78 is 10.4. The minimum absolute atomic E-state index is 0.0509. The predicted molar refractivity (Wildman–Crippen MR) is 84.9 cm³/mol. The highest BCUT2D eigenvalue weighted by molar-refractivity contribution is 5.91. The Labute approximate surface area is 133 Å². The van der Waals surface area contributed by atoms with Gasteiger partial charge in [-0.2, -0.15) is 0 Å². The third-order valence-corrected chi connectivity index (χ3v) is 3.03. The van der Waals surface area contributed by atoms with Gasteiger partial charge in [0.05, 0.1) is 10.5 Å². The molecule has 0 saturated heterocycles. The van der Waals surface area contributed by atoms with Gasteiger partial charge in [0.15, 0.2) is 0 Å². The molecule has 1 N–H and O–H groups in total. The van der Waals surface area contributed by atoms with Crippen LogP contribution in [0.4, 0.5) is 11.4 Å². The first-order valence-corrected chi connectivity index (χ1v) is 6.93. The molecule has 0 aliphatic carbocycles. The van der Waals surface area contributed by atoms with E-state index in [0.29, 0.717) is 11.4 Å². The maximum Gasteiger partial charge on any atom is 0.338 e. The summed E-state index contributed by atoms with van der Waals surface area (Å²) in [7, 11) is 1.57. The third kappa shape index (κ3) is 4.44. The number of carbonyl (C=O) groups excluding carboxylic acids is 1. The first-order valence-electron chi connectivity index (χ1n) is 6.93. The summed E-state index contributed by atoms with van der Waals surface area (Å²) in [5.41, 5.74) is 0.275. The van der Waals surface area contributed by atoms with Crippen molar-refractivity contribution in [2.45, 2.75) is 0 Å². The van der Waals surface area contributed by atoms with Crippen LogP contribution in [-0.2, 0) is 4.74 Å². The van der Waals surface area contributed by atoms with Gasteiger partial charge in [0.1, 0.15) is 24.7 Å². The molecule has 0 radical (unpaired) electrons. The van der Waals surface area contributed by atoms with Gasteiger partial charge in [-0.1, -0.05) is 18.2 Å². The summed E-state index contributed by atoms with van der Waals surface area (Å²) in [6.45, 7) is 0.252. The molecule has 0 aliphatic heterocycles. The molecule has 0 bridgehead atoms. The lowest BCUT2D eigenvalue weighted by Gasteiger charge is -2.08. The summed E-state index contributed by atoms with van der Waals surface area (Å²) in [6.07, 6.45) is 0. The zero-order valence-electron chi connectivity index (χ0n) is 12.5. The van der Waals surface area contributed by atoms with Crippen molar-refractivity contribution in [3.63, 3.8) is 0 Å². The van der Waals surface area contributed by atoms with Gasteiger partial charge in [-0.15, -0.1) is 0 Å². The second-order valence-electron chi connectivity index (χ2n) is 4.54. The molecule has 0 amide bonds. The smallest absolute Gasteiger partial charge is 0.338 e. The molecule has 120 valence electrons. The number of carbonyl (C=O) groups is 1. The van der Waals surface area contributed by atoms with E-state index in [2.05, 4.69) is 5.32 Å². The Balaban J connectivity index is 1.90. The van der Waals surface area contributed by atoms with Gasteiger partial charge in [0, 0.05) is 13.1 Å². The predicted octanol–water partition coefficient (Wildman–Crippen LogP) is 2.87. The number of nitrogens with zero attached hydrogens (tertiary/aromatic N) is 1. The molecular weight excluding hydrogens is 300 g/mol. The number of ether oxygens (including phenoxy) is 2. The Hall–Kier alpha value is -3.09. The Morgan fingerprint density at radius 3 is 2.57 bits per heavy atom. The van der Waals surface area contributed by atoms with E-state index in [1.54, 1.807) is 19.2 Å². The van der Waals surface area contributed by atoms with Crippen LogP contribution >= 0.6 is 0 Å². The van der Waals surface area contributed by atoms with Crippen LogP contribution < -0.4 is 10.1 Å². The summed E-state index contributed by atoms with van der Waals surface area (Å²) in [6, 6.07) is 13.3. The Morgan fingerprint density at radius 1 is 1.17 bits per heavy atom. The van der Waals surface area contributed by atoms with Crippen LogP contribution in [0.3, 0.4) is 0 Å². The van der Waals surface area contributed by atoms with Crippen molar-refractivity contribution >= 4 is 17.3 Å². The topological polar surface area (TPSA) is 90.7 Å². The molecule has 0 aliphatic rings. The maximum atomic E-state index is 11.9. The average Bonchev–Trinajstić information content (AvgIpc) is 2.58. The molecule has 0 heterocycles. The summed E-state index contributed by atoms with van der Waals surface area (Å²) in [4.78, 5) is 22.3. The molecule has 0 spiro atoms. The lowest BCUT2D eigenvalue weighted by molar-refractivity contribution is -0.384. The van der Waals surface area contributed by atoms with E-state index in [1.807, 2.05) is 18.2 Å². The van der Waals surface area contributed by atoms with Crippen LogP contribution in [0.25, 0.3) is 0 Å². The van der Waals surface area contributed by atoms with Gasteiger partial charge in [0.25, 0.3) is 5.69 Å². The summed E-state index contributed by atoms with van der Waals surface area (Å²) >= 11 is 0. The number of para-hydroxylation sites is 1. The molecule has 2 rings (SSSR count). The van der Waals surface area contributed by atoms with Gasteiger partial charge in [-0.25, -0.2) is 4.79 Å². The fraction of sp³-hybridized carbons (Fsp3) is 0.188. The second kappa shape index (κ2) is 7.79. The number of esters is 1. The standard InChI is InChI=1S/C16H16N2O5/c1-17-14-8-7-12(11-15(14)18(20)21)16(19)23-10-9-22-13-5-3-2-4-6-13/h2-8,11,17H,9-10H2,1H3. The fourth-order valence-corrected chi connectivity index (χ4v) is 1.92. The highest BCUT2D eigenvalue weighted by Crippen LogP contribution is 2.25. The van der Waals surface area contributed by atoms with Crippen LogP contribution in [0.15, 0.2) is 48.5 Å². The third-order valence-electron chi connectivity index (χ3n) is 3.03. The number of nitro groups is 1. The van der Waals surface area contributed by atoms with Crippen LogP contribution in [0.1, 0.15) is 10.4 Å². The minimum Gasteiger partial charge on any atom is -0.490 e. The number of rotatable bonds is 7. The lowest BCUT2D eigenvalue weighted by atomic mass is 10.1.